The van der Waals surface area contributed by atoms with Crippen molar-refractivity contribution in [3.05, 3.63) is 17.8 Å². The minimum atomic E-state index is -0.0715. The highest BCUT2D eigenvalue weighted by atomic mass is 16.5. The molecule has 1 unspecified atom stereocenters. The number of esters is 1. The molecular formula is C16H25N3O2. The predicted molar refractivity (Wildman–Crippen MR) is 84.1 cm³/mol. The Morgan fingerprint density at radius 2 is 2.19 bits per heavy atom. The van der Waals surface area contributed by atoms with Crippen LogP contribution in [-0.2, 0) is 9.53 Å². The molecule has 1 atom stereocenters. The molecule has 0 spiro atoms. The summed E-state index contributed by atoms with van der Waals surface area (Å²) in [4.78, 5) is 18.5. The van der Waals surface area contributed by atoms with Gasteiger partial charge in [-0.05, 0) is 44.2 Å². The molecule has 1 fully saturated rings. The van der Waals surface area contributed by atoms with E-state index in [0.29, 0.717) is 18.2 Å². The number of carbonyl (C=O) groups excluding carboxylic acids is 1. The number of nitrogens with two attached hydrogens (primary N) is 1. The summed E-state index contributed by atoms with van der Waals surface area (Å²) in [5.41, 5.74) is 7.55. The zero-order valence-electron chi connectivity index (χ0n) is 13.1. The molecule has 21 heavy (non-hydrogen) atoms. The second-order valence-electron chi connectivity index (χ2n) is 5.77. The Morgan fingerprint density at radius 3 is 2.76 bits per heavy atom. The highest BCUT2D eigenvalue weighted by molar-refractivity contribution is 5.72. The Balaban J connectivity index is 1.95. The van der Waals surface area contributed by atoms with Crippen LogP contribution in [0.5, 0.6) is 0 Å². The Labute approximate surface area is 126 Å². The summed E-state index contributed by atoms with van der Waals surface area (Å²) in [6.45, 7) is 8.16. The topological polar surface area (TPSA) is 68.5 Å². The van der Waals surface area contributed by atoms with Crippen molar-refractivity contribution in [1.29, 1.82) is 0 Å². The van der Waals surface area contributed by atoms with Crippen LogP contribution in [0.2, 0.25) is 0 Å². The first-order valence-electron chi connectivity index (χ1n) is 7.66. The van der Waals surface area contributed by atoms with Crippen LogP contribution in [0.3, 0.4) is 0 Å². The molecule has 2 N–H and O–H groups in total. The van der Waals surface area contributed by atoms with E-state index in [1.807, 2.05) is 26.8 Å². The van der Waals surface area contributed by atoms with E-state index in [2.05, 4.69) is 9.88 Å². The molecule has 2 rings (SSSR count). The minimum absolute atomic E-state index is 0.0208. The van der Waals surface area contributed by atoms with Crippen molar-refractivity contribution >= 4 is 17.5 Å². The number of nitrogens with zero attached hydrogens (tertiary/aromatic N) is 2. The highest BCUT2D eigenvalue weighted by Gasteiger charge is 2.29. The minimum Gasteiger partial charge on any atom is -0.466 e. The zero-order chi connectivity index (χ0) is 15.4. The molecule has 1 aliphatic heterocycles. The van der Waals surface area contributed by atoms with Gasteiger partial charge < -0.3 is 15.4 Å². The largest absolute Gasteiger partial charge is 0.466 e. The first-order chi connectivity index (χ1) is 10.0. The molecule has 1 aromatic heterocycles. The van der Waals surface area contributed by atoms with E-state index in [4.69, 9.17) is 10.5 Å². The van der Waals surface area contributed by atoms with Crippen molar-refractivity contribution in [3.63, 3.8) is 0 Å². The number of pyridine rings is 1. The van der Waals surface area contributed by atoms with Gasteiger partial charge in [0.05, 0.1) is 24.4 Å². The Kier molecular flexibility index (Phi) is 5.04. The molecule has 0 saturated carbocycles. The van der Waals surface area contributed by atoms with Crippen LogP contribution in [-0.4, -0.2) is 30.6 Å². The van der Waals surface area contributed by atoms with Crippen molar-refractivity contribution in [2.24, 2.45) is 11.8 Å². The lowest BCUT2D eigenvalue weighted by Crippen LogP contribution is -2.38. The summed E-state index contributed by atoms with van der Waals surface area (Å²) >= 11 is 0. The first kappa shape index (κ1) is 15.6. The van der Waals surface area contributed by atoms with Gasteiger partial charge in [-0.2, -0.15) is 0 Å². The van der Waals surface area contributed by atoms with Crippen LogP contribution in [0.1, 0.15) is 32.3 Å². The van der Waals surface area contributed by atoms with Gasteiger partial charge in [-0.3, -0.25) is 4.79 Å². The molecule has 1 saturated heterocycles. The number of anilines is 2. The maximum Gasteiger partial charge on any atom is 0.308 e. The lowest BCUT2D eigenvalue weighted by Gasteiger charge is -2.35. The van der Waals surface area contributed by atoms with E-state index in [-0.39, 0.29) is 11.9 Å². The molecule has 2 heterocycles. The van der Waals surface area contributed by atoms with Crippen molar-refractivity contribution < 1.29 is 9.53 Å². The summed E-state index contributed by atoms with van der Waals surface area (Å²) < 4.78 is 5.12. The predicted octanol–water partition coefficient (Wildman–Crippen LogP) is 2.39. The molecule has 0 bridgehead atoms. The van der Waals surface area contributed by atoms with Crippen LogP contribution in [0, 0.1) is 18.8 Å². The van der Waals surface area contributed by atoms with E-state index in [9.17, 15) is 4.79 Å². The number of hydrogen-bond donors (Lipinski definition) is 1. The Morgan fingerprint density at radius 1 is 1.52 bits per heavy atom. The molecule has 0 aromatic carbocycles. The maximum absolute atomic E-state index is 11.8. The van der Waals surface area contributed by atoms with Crippen LogP contribution >= 0.6 is 0 Å². The number of hydrogen-bond acceptors (Lipinski definition) is 5. The van der Waals surface area contributed by atoms with Gasteiger partial charge in [0.2, 0.25) is 0 Å². The molecule has 5 nitrogen and oxygen atoms in total. The highest BCUT2D eigenvalue weighted by Crippen LogP contribution is 2.29. The van der Waals surface area contributed by atoms with Crippen molar-refractivity contribution in [1.82, 2.24) is 4.98 Å². The average molecular weight is 291 g/mol. The number of carbonyl (C=O) groups is 1. The fraction of sp³-hybridized carbons (Fsp3) is 0.625. The molecule has 0 amide bonds. The number of aromatic nitrogens is 1. The van der Waals surface area contributed by atoms with Crippen molar-refractivity contribution in [2.45, 2.75) is 33.6 Å². The lowest BCUT2D eigenvalue weighted by atomic mass is 9.85. The summed E-state index contributed by atoms with van der Waals surface area (Å²) in [6.07, 6.45) is 3.69. The van der Waals surface area contributed by atoms with Crippen LogP contribution < -0.4 is 10.6 Å². The van der Waals surface area contributed by atoms with Crippen molar-refractivity contribution in [3.8, 4) is 0 Å². The smallest absolute Gasteiger partial charge is 0.308 e. The van der Waals surface area contributed by atoms with Gasteiger partial charge in [-0.1, -0.05) is 6.92 Å². The van der Waals surface area contributed by atoms with Gasteiger partial charge in [0.1, 0.15) is 5.82 Å². The summed E-state index contributed by atoms with van der Waals surface area (Å²) in [5.74, 6) is 1.31. The quantitative estimate of drug-likeness (QED) is 0.863. The van der Waals surface area contributed by atoms with Gasteiger partial charge in [0.15, 0.2) is 0 Å². The molecule has 1 aliphatic rings. The van der Waals surface area contributed by atoms with Gasteiger partial charge in [-0.15, -0.1) is 0 Å². The molecule has 0 aliphatic carbocycles. The van der Waals surface area contributed by atoms with Crippen LogP contribution in [0.25, 0.3) is 0 Å². The fourth-order valence-electron chi connectivity index (χ4n) is 3.00. The van der Waals surface area contributed by atoms with Gasteiger partial charge >= 0.3 is 5.97 Å². The molecular weight excluding hydrogens is 266 g/mol. The summed E-state index contributed by atoms with van der Waals surface area (Å²) in [6, 6.07) is 1.95. The van der Waals surface area contributed by atoms with E-state index in [0.717, 1.165) is 37.3 Å². The Bertz CT molecular complexity index is 496. The second kappa shape index (κ2) is 6.78. The Hall–Kier alpha value is -1.78. The summed E-state index contributed by atoms with van der Waals surface area (Å²) in [7, 11) is 0. The zero-order valence-corrected chi connectivity index (χ0v) is 13.1. The third-order valence-electron chi connectivity index (χ3n) is 4.28. The third kappa shape index (κ3) is 3.65. The molecule has 1 aromatic rings. The van der Waals surface area contributed by atoms with E-state index in [1.165, 1.54) is 0 Å². The maximum atomic E-state index is 11.8. The molecule has 0 radical (unpaired) electrons. The standard InChI is InChI=1S/C16H25N3O2/c1-4-21-16(20)12(3)13-5-7-19(8-6-13)15-11(2)9-14(17)10-18-15/h9-10,12-13H,4-8,17H2,1-3H3. The van der Waals surface area contributed by atoms with E-state index in [1.54, 1.807) is 6.20 Å². The summed E-state index contributed by atoms with van der Waals surface area (Å²) in [5, 5.41) is 0. The first-order valence-corrected chi connectivity index (χ1v) is 7.66. The van der Waals surface area contributed by atoms with Gasteiger partial charge in [0, 0.05) is 13.1 Å². The normalized spacial score (nSPS) is 17.6. The van der Waals surface area contributed by atoms with Crippen molar-refractivity contribution in [2.75, 3.05) is 30.3 Å². The number of rotatable bonds is 4. The lowest BCUT2D eigenvalue weighted by molar-refractivity contribution is -0.149. The fourth-order valence-corrected chi connectivity index (χ4v) is 3.00. The number of nitrogen functional groups attached to an aromatic ring is 1. The number of aryl methyl sites for hydroxylation is 1. The van der Waals surface area contributed by atoms with Gasteiger partial charge in [-0.25, -0.2) is 4.98 Å². The molecule has 5 heteroatoms. The van der Waals surface area contributed by atoms with E-state index < -0.39 is 0 Å². The van der Waals surface area contributed by atoms with Crippen LogP contribution in [0.4, 0.5) is 11.5 Å². The third-order valence-corrected chi connectivity index (χ3v) is 4.28. The number of ether oxygens (including phenoxy) is 1. The van der Waals surface area contributed by atoms with E-state index >= 15 is 0 Å². The SMILES string of the molecule is CCOC(=O)C(C)C1CCN(c2ncc(N)cc2C)CC1. The second-order valence-corrected chi connectivity index (χ2v) is 5.77. The monoisotopic (exact) mass is 291 g/mol. The number of piperidine rings is 1. The average Bonchev–Trinajstić information content (AvgIpc) is 2.47. The molecule has 116 valence electrons. The van der Waals surface area contributed by atoms with Crippen LogP contribution in [0.15, 0.2) is 12.3 Å². The van der Waals surface area contributed by atoms with Gasteiger partial charge in [0.25, 0.3) is 0 Å².